The van der Waals surface area contributed by atoms with Gasteiger partial charge in [-0.05, 0) is 35.2 Å². The summed E-state index contributed by atoms with van der Waals surface area (Å²) in [6.07, 6.45) is 0. The van der Waals surface area contributed by atoms with Gasteiger partial charge in [0.1, 0.15) is 4.88 Å². The molecule has 20 heavy (non-hydrogen) atoms. The van der Waals surface area contributed by atoms with Gasteiger partial charge in [-0.15, -0.1) is 11.3 Å². The predicted octanol–water partition coefficient (Wildman–Crippen LogP) is 5.67. The van der Waals surface area contributed by atoms with Gasteiger partial charge in [0.05, 0.1) is 5.02 Å². The van der Waals surface area contributed by atoms with E-state index >= 15 is 0 Å². The van der Waals surface area contributed by atoms with Crippen molar-refractivity contribution in [3.63, 3.8) is 0 Å². The predicted molar refractivity (Wildman–Crippen MR) is 85.7 cm³/mol. The van der Waals surface area contributed by atoms with E-state index < -0.39 is 0 Å². The van der Waals surface area contributed by atoms with Gasteiger partial charge in [0.15, 0.2) is 0 Å². The van der Waals surface area contributed by atoms with Gasteiger partial charge in [-0.3, -0.25) is 0 Å². The zero-order valence-electron chi connectivity index (χ0n) is 9.94. The van der Waals surface area contributed by atoms with Crippen LogP contribution in [0.15, 0.2) is 34.2 Å². The minimum absolute atomic E-state index is 0.426. The van der Waals surface area contributed by atoms with Gasteiger partial charge < -0.3 is 4.52 Å². The molecule has 0 unspecified atom stereocenters. The lowest BCUT2D eigenvalue weighted by atomic mass is 10.1. The standard InChI is InChI=1S/C13H7BrCl2N2OS/c14-6-8-5-7(1-2-9(8)15)12-17-13(19-18-12)11-10(16)3-4-20-11/h1-5H,6H2. The second-order valence-electron chi connectivity index (χ2n) is 3.96. The van der Waals surface area contributed by atoms with Crippen LogP contribution in [-0.4, -0.2) is 10.1 Å². The van der Waals surface area contributed by atoms with Crippen molar-refractivity contribution in [2.24, 2.45) is 0 Å². The highest BCUT2D eigenvalue weighted by molar-refractivity contribution is 9.08. The Balaban J connectivity index is 2.00. The third kappa shape index (κ3) is 2.63. The van der Waals surface area contributed by atoms with Gasteiger partial charge in [0.25, 0.3) is 5.89 Å². The number of hydrogen-bond donors (Lipinski definition) is 0. The molecule has 3 rings (SSSR count). The van der Waals surface area contributed by atoms with E-state index in [9.17, 15) is 0 Å². The van der Waals surface area contributed by atoms with E-state index in [1.165, 1.54) is 11.3 Å². The first-order valence-electron chi connectivity index (χ1n) is 5.61. The Labute approximate surface area is 137 Å². The molecule has 0 N–H and O–H groups in total. The molecule has 0 aliphatic heterocycles. The molecule has 7 heteroatoms. The zero-order valence-corrected chi connectivity index (χ0v) is 13.9. The van der Waals surface area contributed by atoms with Crippen molar-refractivity contribution in [1.29, 1.82) is 0 Å². The number of halogens is 3. The molecular formula is C13H7BrCl2N2OS. The maximum atomic E-state index is 6.08. The molecule has 2 aromatic heterocycles. The maximum Gasteiger partial charge on any atom is 0.269 e. The Morgan fingerprint density at radius 3 is 2.75 bits per heavy atom. The highest BCUT2D eigenvalue weighted by Gasteiger charge is 2.15. The van der Waals surface area contributed by atoms with E-state index in [-0.39, 0.29) is 0 Å². The first-order chi connectivity index (χ1) is 9.69. The second kappa shape index (κ2) is 5.85. The summed E-state index contributed by atoms with van der Waals surface area (Å²) in [5, 5.41) is 7.86. The summed E-state index contributed by atoms with van der Waals surface area (Å²) >= 11 is 17.0. The maximum absolute atomic E-state index is 6.08. The lowest BCUT2D eigenvalue weighted by molar-refractivity contribution is 0.433. The summed E-state index contributed by atoms with van der Waals surface area (Å²) in [4.78, 5) is 5.16. The first-order valence-corrected chi connectivity index (χ1v) is 8.36. The van der Waals surface area contributed by atoms with Gasteiger partial charge in [-0.25, -0.2) is 0 Å². The van der Waals surface area contributed by atoms with Gasteiger partial charge in [-0.1, -0.05) is 44.3 Å². The van der Waals surface area contributed by atoms with Crippen LogP contribution in [0.25, 0.3) is 22.2 Å². The molecule has 0 spiro atoms. The smallest absolute Gasteiger partial charge is 0.269 e. The average molecular weight is 390 g/mol. The molecule has 0 aliphatic carbocycles. The summed E-state index contributed by atoms with van der Waals surface area (Å²) in [5.41, 5.74) is 1.83. The van der Waals surface area contributed by atoms with Crippen LogP contribution in [0.4, 0.5) is 0 Å². The van der Waals surface area contributed by atoms with Crippen molar-refractivity contribution in [3.05, 3.63) is 45.3 Å². The monoisotopic (exact) mass is 388 g/mol. The fraction of sp³-hybridized carbons (Fsp3) is 0.0769. The molecular weight excluding hydrogens is 383 g/mol. The molecule has 0 bridgehead atoms. The Morgan fingerprint density at radius 1 is 1.20 bits per heavy atom. The van der Waals surface area contributed by atoms with Crippen LogP contribution < -0.4 is 0 Å². The van der Waals surface area contributed by atoms with Crippen molar-refractivity contribution in [3.8, 4) is 22.2 Å². The second-order valence-corrected chi connectivity index (χ2v) is 6.25. The first kappa shape index (κ1) is 14.1. The largest absolute Gasteiger partial charge is 0.333 e. The zero-order chi connectivity index (χ0) is 14.1. The lowest BCUT2D eigenvalue weighted by Crippen LogP contribution is -1.85. The summed E-state index contributed by atoms with van der Waals surface area (Å²) in [5.74, 6) is 0.943. The molecule has 0 saturated carbocycles. The van der Waals surface area contributed by atoms with Crippen molar-refractivity contribution in [2.75, 3.05) is 0 Å². The van der Waals surface area contributed by atoms with Crippen molar-refractivity contribution in [2.45, 2.75) is 5.33 Å². The Bertz CT molecular complexity index is 756. The van der Waals surface area contributed by atoms with Crippen LogP contribution in [0.2, 0.25) is 10.0 Å². The highest BCUT2D eigenvalue weighted by atomic mass is 79.9. The molecule has 1 aromatic carbocycles. The lowest BCUT2D eigenvalue weighted by Gasteiger charge is -2.01. The molecule has 0 fully saturated rings. The van der Waals surface area contributed by atoms with Crippen molar-refractivity contribution < 1.29 is 4.52 Å². The van der Waals surface area contributed by atoms with Gasteiger partial charge in [0.2, 0.25) is 5.82 Å². The van der Waals surface area contributed by atoms with Crippen LogP contribution in [0.1, 0.15) is 5.56 Å². The number of hydrogen-bond acceptors (Lipinski definition) is 4. The minimum Gasteiger partial charge on any atom is -0.333 e. The van der Waals surface area contributed by atoms with Crippen LogP contribution in [-0.2, 0) is 5.33 Å². The molecule has 0 saturated heterocycles. The van der Waals surface area contributed by atoms with Gasteiger partial charge in [0, 0.05) is 15.9 Å². The minimum atomic E-state index is 0.426. The van der Waals surface area contributed by atoms with Crippen LogP contribution in [0.5, 0.6) is 0 Å². The Hall–Kier alpha value is -0.880. The number of rotatable bonds is 3. The van der Waals surface area contributed by atoms with Gasteiger partial charge >= 0.3 is 0 Å². The molecule has 0 aliphatic rings. The number of thiophene rings is 1. The molecule has 2 heterocycles. The summed E-state index contributed by atoms with van der Waals surface area (Å²) in [6, 6.07) is 7.42. The van der Waals surface area contributed by atoms with E-state index in [2.05, 4.69) is 26.1 Å². The Morgan fingerprint density at radius 2 is 2.05 bits per heavy atom. The van der Waals surface area contributed by atoms with Crippen LogP contribution in [0.3, 0.4) is 0 Å². The molecule has 0 amide bonds. The molecule has 102 valence electrons. The summed E-state index contributed by atoms with van der Waals surface area (Å²) in [6.45, 7) is 0. The van der Waals surface area contributed by atoms with E-state index in [1.54, 1.807) is 6.07 Å². The fourth-order valence-electron chi connectivity index (χ4n) is 1.70. The normalized spacial score (nSPS) is 10.9. The SMILES string of the molecule is Clc1ccc(-c2noc(-c3sccc3Cl)n2)cc1CBr. The van der Waals surface area contributed by atoms with Crippen LogP contribution >= 0.6 is 50.5 Å². The third-order valence-electron chi connectivity index (χ3n) is 2.69. The average Bonchev–Trinajstić information content (AvgIpc) is 3.08. The van der Waals surface area contributed by atoms with E-state index in [0.717, 1.165) is 16.0 Å². The molecule has 3 nitrogen and oxygen atoms in total. The fourth-order valence-corrected chi connectivity index (χ4v) is 3.56. The number of benzene rings is 1. The summed E-state index contributed by atoms with van der Waals surface area (Å²) in [7, 11) is 0. The Kier molecular flexibility index (Phi) is 4.12. The number of aromatic nitrogens is 2. The number of alkyl halides is 1. The van der Waals surface area contributed by atoms with E-state index in [0.29, 0.717) is 27.1 Å². The molecule has 0 radical (unpaired) electrons. The highest BCUT2D eigenvalue weighted by Crippen LogP contribution is 2.33. The third-order valence-corrected chi connectivity index (χ3v) is 4.99. The summed E-state index contributed by atoms with van der Waals surface area (Å²) < 4.78 is 5.27. The number of nitrogens with zero attached hydrogens (tertiary/aromatic N) is 2. The van der Waals surface area contributed by atoms with Crippen molar-refractivity contribution in [1.82, 2.24) is 10.1 Å². The van der Waals surface area contributed by atoms with Crippen molar-refractivity contribution >= 4 is 50.5 Å². The quantitative estimate of drug-likeness (QED) is 0.542. The molecule has 3 aromatic rings. The van der Waals surface area contributed by atoms with Crippen LogP contribution in [0, 0.1) is 0 Å². The topological polar surface area (TPSA) is 38.9 Å². The van der Waals surface area contributed by atoms with Gasteiger partial charge in [-0.2, -0.15) is 4.98 Å². The van der Waals surface area contributed by atoms with E-state index in [1.807, 2.05) is 23.6 Å². The molecule has 0 atom stereocenters. The van der Waals surface area contributed by atoms with E-state index in [4.69, 9.17) is 27.7 Å².